The first-order valence-corrected chi connectivity index (χ1v) is 5.97. The molecule has 0 unspecified atom stereocenters. The zero-order valence-electron chi connectivity index (χ0n) is 9.64. The maximum atomic E-state index is 13.1. The highest BCUT2D eigenvalue weighted by molar-refractivity contribution is 7.15. The molecule has 0 atom stereocenters. The average Bonchev–Trinajstić information content (AvgIpc) is 2.77. The molecule has 0 radical (unpaired) electrons. The molecular weight excluding hydrogens is 239 g/mol. The number of halogens is 1. The van der Waals surface area contributed by atoms with Crippen LogP contribution in [0, 0.1) is 5.82 Å². The predicted octanol–water partition coefficient (Wildman–Crippen LogP) is 2.36. The zero-order chi connectivity index (χ0) is 12.3. The number of rotatable bonds is 4. The number of hydrogen-bond donors (Lipinski definition) is 1. The van der Waals surface area contributed by atoms with Gasteiger partial charge in [0, 0.05) is 19.8 Å². The van der Waals surface area contributed by atoms with E-state index < -0.39 is 0 Å². The normalized spacial score (nSPS) is 10.3. The zero-order valence-corrected chi connectivity index (χ0v) is 10.5. The van der Waals surface area contributed by atoms with Gasteiger partial charge in [0.2, 0.25) is 5.13 Å². The van der Waals surface area contributed by atoms with Gasteiger partial charge in [0.05, 0.1) is 6.54 Å². The number of nitrogens with zero attached hydrogens (tertiary/aromatic N) is 3. The van der Waals surface area contributed by atoms with E-state index in [1.807, 2.05) is 18.0 Å². The smallest absolute Gasteiger partial charge is 0.205 e. The fourth-order valence-electron chi connectivity index (χ4n) is 1.43. The Hall–Kier alpha value is -1.69. The number of hydrogen-bond acceptors (Lipinski definition) is 5. The van der Waals surface area contributed by atoms with Crippen LogP contribution >= 0.6 is 11.3 Å². The molecule has 0 fully saturated rings. The Morgan fingerprint density at radius 3 is 2.88 bits per heavy atom. The van der Waals surface area contributed by atoms with Gasteiger partial charge in [0.1, 0.15) is 10.8 Å². The van der Waals surface area contributed by atoms with E-state index in [-0.39, 0.29) is 5.82 Å². The molecule has 1 aromatic carbocycles. The molecule has 1 heterocycles. The first-order valence-electron chi connectivity index (χ1n) is 5.16. The summed E-state index contributed by atoms with van der Waals surface area (Å²) in [7, 11) is 3.70. The highest BCUT2D eigenvalue weighted by atomic mass is 32.1. The van der Waals surface area contributed by atoms with E-state index in [1.165, 1.54) is 23.5 Å². The van der Waals surface area contributed by atoms with Crippen LogP contribution in [0.2, 0.25) is 0 Å². The second kappa shape index (κ2) is 5.09. The van der Waals surface area contributed by atoms with Crippen LogP contribution in [-0.2, 0) is 6.54 Å². The molecule has 2 rings (SSSR count). The van der Waals surface area contributed by atoms with Crippen LogP contribution in [0.15, 0.2) is 24.3 Å². The predicted molar refractivity (Wildman–Crippen MR) is 68.0 cm³/mol. The van der Waals surface area contributed by atoms with Gasteiger partial charge >= 0.3 is 0 Å². The van der Waals surface area contributed by atoms with Crippen molar-refractivity contribution in [3.8, 4) is 0 Å². The van der Waals surface area contributed by atoms with Crippen molar-refractivity contribution < 1.29 is 4.39 Å². The lowest BCUT2D eigenvalue weighted by molar-refractivity contribution is 0.627. The minimum atomic E-state index is -0.234. The molecule has 0 aliphatic heterocycles. The molecule has 0 saturated heterocycles. The molecule has 4 nitrogen and oxygen atoms in total. The van der Waals surface area contributed by atoms with Gasteiger partial charge in [-0.05, 0) is 18.2 Å². The van der Waals surface area contributed by atoms with Crippen molar-refractivity contribution in [1.29, 1.82) is 0 Å². The highest BCUT2D eigenvalue weighted by Gasteiger charge is 2.07. The Morgan fingerprint density at radius 2 is 2.24 bits per heavy atom. The summed E-state index contributed by atoms with van der Waals surface area (Å²) in [4.78, 5) is 1.93. The minimum absolute atomic E-state index is 0.234. The number of aromatic nitrogens is 2. The summed E-state index contributed by atoms with van der Waals surface area (Å²) in [5.74, 6) is -0.234. The van der Waals surface area contributed by atoms with E-state index in [9.17, 15) is 4.39 Å². The van der Waals surface area contributed by atoms with E-state index in [4.69, 9.17) is 0 Å². The summed E-state index contributed by atoms with van der Waals surface area (Å²) in [6.45, 7) is 0.614. The Kier molecular flexibility index (Phi) is 3.53. The standard InChI is InChI=1S/C11H13FN4S/c1-13-11-15-14-10(17-11)7-16(2)9-5-3-4-8(12)6-9/h3-6H,7H2,1-2H3,(H,13,15). The fourth-order valence-corrected chi connectivity index (χ4v) is 2.17. The molecule has 0 spiro atoms. The van der Waals surface area contributed by atoms with Crippen LogP contribution in [0.5, 0.6) is 0 Å². The van der Waals surface area contributed by atoms with Crippen molar-refractivity contribution in [2.75, 3.05) is 24.3 Å². The topological polar surface area (TPSA) is 41.1 Å². The van der Waals surface area contributed by atoms with Crippen molar-refractivity contribution in [2.24, 2.45) is 0 Å². The maximum absolute atomic E-state index is 13.1. The van der Waals surface area contributed by atoms with Gasteiger partial charge in [0.15, 0.2) is 0 Å². The average molecular weight is 252 g/mol. The lowest BCUT2D eigenvalue weighted by Crippen LogP contribution is -2.16. The van der Waals surface area contributed by atoms with E-state index in [1.54, 1.807) is 13.1 Å². The molecule has 0 aliphatic rings. The third-order valence-electron chi connectivity index (χ3n) is 2.30. The van der Waals surface area contributed by atoms with Crippen molar-refractivity contribution in [3.05, 3.63) is 35.1 Å². The molecule has 0 aliphatic carbocycles. The lowest BCUT2D eigenvalue weighted by atomic mass is 10.3. The second-order valence-electron chi connectivity index (χ2n) is 3.59. The van der Waals surface area contributed by atoms with Crippen molar-refractivity contribution in [2.45, 2.75) is 6.54 Å². The third-order valence-corrected chi connectivity index (χ3v) is 3.23. The molecule has 90 valence electrons. The van der Waals surface area contributed by atoms with Crippen molar-refractivity contribution >= 4 is 22.2 Å². The van der Waals surface area contributed by atoms with Crippen LogP contribution in [0.25, 0.3) is 0 Å². The molecule has 0 saturated carbocycles. The first kappa shape index (κ1) is 11.8. The van der Waals surface area contributed by atoms with Crippen LogP contribution in [-0.4, -0.2) is 24.3 Å². The Labute approximate surface area is 103 Å². The van der Waals surface area contributed by atoms with Crippen LogP contribution in [0.3, 0.4) is 0 Å². The molecule has 1 aromatic heterocycles. The SMILES string of the molecule is CNc1nnc(CN(C)c2cccc(F)c2)s1. The van der Waals surface area contributed by atoms with Gasteiger partial charge in [0.25, 0.3) is 0 Å². The third kappa shape index (κ3) is 2.91. The Morgan fingerprint density at radius 1 is 1.41 bits per heavy atom. The largest absolute Gasteiger partial charge is 0.368 e. The quantitative estimate of drug-likeness (QED) is 0.907. The number of benzene rings is 1. The summed E-state index contributed by atoms with van der Waals surface area (Å²) >= 11 is 1.49. The van der Waals surface area contributed by atoms with Gasteiger partial charge in [-0.1, -0.05) is 17.4 Å². The van der Waals surface area contributed by atoms with Gasteiger partial charge < -0.3 is 10.2 Å². The maximum Gasteiger partial charge on any atom is 0.205 e. The number of anilines is 2. The fraction of sp³-hybridized carbons (Fsp3) is 0.273. The summed E-state index contributed by atoms with van der Waals surface area (Å²) in [6.07, 6.45) is 0. The van der Waals surface area contributed by atoms with Crippen LogP contribution in [0.1, 0.15) is 5.01 Å². The van der Waals surface area contributed by atoms with Crippen molar-refractivity contribution in [1.82, 2.24) is 10.2 Å². The van der Waals surface area contributed by atoms with Gasteiger partial charge in [-0.15, -0.1) is 10.2 Å². The van der Waals surface area contributed by atoms with E-state index in [0.717, 1.165) is 15.8 Å². The van der Waals surface area contributed by atoms with Crippen LogP contribution < -0.4 is 10.2 Å². The van der Waals surface area contributed by atoms with Crippen LogP contribution in [0.4, 0.5) is 15.2 Å². The monoisotopic (exact) mass is 252 g/mol. The molecule has 0 bridgehead atoms. The summed E-state index contributed by atoms with van der Waals surface area (Å²) in [6, 6.07) is 6.49. The summed E-state index contributed by atoms with van der Waals surface area (Å²) in [5.41, 5.74) is 0.825. The summed E-state index contributed by atoms with van der Waals surface area (Å²) < 4.78 is 13.1. The minimum Gasteiger partial charge on any atom is -0.368 e. The molecular formula is C11H13FN4S. The molecule has 2 aromatic rings. The Balaban J connectivity index is 2.08. The number of nitrogens with one attached hydrogen (secondary N) is 1. The van der Waals surface area contributed by atoms with Gasteiger partial charge in [-0.2, -0.15) is 0 Å². The molecule has 1 N–H and O–H groups in total. The Bertz CT molecular complexity index is 500. The lowest BCUT2D eigenvalue weighted by Gasteiger charge is -2.17. The van der Waals surface area contributed by atoms with E-state index in [0.29, 0.717) is 6.54 Å². The summed E-state index contributed by atoms with van der Waals surface area (Å²) in [5, 5.41) is 12.6. The van der Waals surface area contributed by atoms with Gasteiger partial charge in [-0.25, -0.2) is 4.39 Å². The van der Waals surface area contributed by atoms with Crippen molar-refractivity contribution in [3.63, 3.8) is 0 Å². The molecule has 17 heavy (non-hydrogen) atoms. The first-order chi connectivity index (χ1) is 8.19. The van der Waals surface area contributed by atoms with Gasteiger partial charge in [-0.3, -0.25) is 0 Å². The van der Waals surface area contributed by atoms with E-state index >= 15 is 0 Å². The molecule has 6 heteroatoms. The second-order valence-corrected chi connectivity index (χ2v) is 4.65. The van der Waals surface area contributed by atoms with E-state index in [2.05, 4.69) is 15.5 Å². The highest BCUT2D eigenvalue weighted by Crippen LogP contribution is 2.20. The molecule has 0 amide bonds.